The molecule has 2 atom stereocenters. The quantitative estimate of drug-likeness (QED) is 0.856. The van der Waals surface area contributed by atoms with Crippen LogP contribution in [-0.4, -0.2) is 24.6 Å². The lowest BCUT2D eigenvalue weighted by Crippen LogP contribution is -2.19. The van der Waals surface area contributed by atoms with E-state index in [0.29, 0.717) is 6.04 Å². The van der Waals surface area contributed by atoms with Gasteiger partial charge < -0.3 is 10.2 Å². The summed E-state index contributed by atoms with van der Waals surface area (Å²) >= 11 is 1.85. The Morgan fingerprint density at radius 2 is 2.39 bits per heavy atom. The van der Waals surface area contributed by atoms with Gasteiger partial charge in [-0.05, 0) is 32.2 Å². The van der Waals surface area contributed by atoms with Crippen molar-refractivity contribution in [3.63, 3.8) is 0 Å². The Hall–Kier alpha value is -0.610. The van der Waals surface area contributed by atoms with E-state index in [1.165, 1.54) is 42.4 Å². The van der Waals surface area contributed by atoms with Gasteiger partial charge >= 0.3 is 0 Å². The van der Waals surface area contributed by atoms with Gasteiger partial charge in [0, 0.05) is 30.2 Å². The molecule has 18 heavy (non-hydrogen) atoms. The standard InChI is InChI=1S/C14H25N3S/c1-4-6-12-7-8-17(10-12)14-16-9-13(18-14)11(3)15-5-2/h9,11-12,15H,4-8,10H2,1-3H3. The van der Waals surface area contributed by atoms with Gasteiger partial charge in [0.15, 0.2) is 5.13 Å². The predicted octanol–water partition coefficient (Wildman–Crippen LogP) is 3.44. The molecule has 3 nitrogen and oxygen atoms in total. The first-order valence-electron chi connectivity index (χ1n) is 7.18. The van der Waals surface area contributed by atoms with Crippen molar-refractivity contribution in [3.8, 4) is 0 Å². The largest absolute Gasteiger partial charge is 0.348 e. The van der Waals surface area contributed by atoms with Gasteiger partial charge in [0.05, 0.1) is 0 Å². The third-order valence-electron chi connectivity index (χ3n) is 3.70. The Morgan fingerprint density at radius 1 is 1.56 bits per heavy atom. The van der Waals surface area contributed by atoms with Crippen molar-refractivity contribution in [2.75, 3.05) is 24.5 Å². The lowest BCUT2D eigenvalue weighted by Gasteiger charge is -2.14. The van der Waals surface area contributed by atoms with Crippen LogP contribution in [0.3, 0.4) is 0 Å². The van der Waals surface area contributed by atoms with E-state index in [1.807, 2.05) is 17.5 Å². The van der Waals surface area contributed by atoms with Gasteiger partial charge in [0.1, 0.15) is 0 Å². The Bertz CT molecular complexity index is 364. The molecule has 2 rings (SSSR count). The molecule has 2 unspecified atom stereocenters. The molecule has 0 spiro atoms. The van der Waals surface area contributed by atoms with Crippen LogP contribution in [0.15, 0.2) is 6.20 Å². The zero-order valence-electron chi connectivity index (χ0n) is 11.8. The fourth-order valence-electron chi connectivity index (χ4n) is 2.68. The molecule has 4 heteroatoms. The Kier molecular flexibility index (Phi) is 5.01. The van der Waals surface area contributed by atoms with Crippen LogP contribution >= 0.6 is 11.3 Å². The van der Waals surface area contributed by atoms with E-state index in [4.69, 9.17) is 0 Å². The fourth-order valence-corrected chi connectivity index (χ4v) is 3.66. The molecule has 1 saturated heterocycles. The molecule has 0 amide bonds. The summed E-state index contributed by atoms with van der Waals surface area (Å²) in [6.45, 7) is 10.0. The topological polar surface area (TPSA) is 28.2 Å². The van der Waals surface area contributed by atoms with Gasteiger partial charge in [-0.2, -0.15) is 0 Å². The van der Waals surface area contributed by atoms with Crippen molar-refractivity contribution in [2.45, 2.75) is 46.1 Å². The van der Waals surface area contributed by atoms with Gasteiger partial charge in [0.2, 0.25) is 0 Å². The van der Waals surface area contributed by atoms with E-state index in [0.717, 1.165) is 12.5 Å². The number of hydrogen-bond acceptors (Lipinski definition) is 4. The van der Waals surface area contributed by atoms with Gasteiger partial charge in [-0.3, -0.25) is 0 Å². The van der Waals surface area contributed by atoms with Crippen LogP contribution in [0.2, 0.25) is 0 Å². The molecule has 102 valence electrons. The minimum Gasteiger partial charge on any atom is -0.348 e. The fraction of sp³-hybridized carbons (Fsp3) is 0.786. The summed E-state index contributed by atoms with van der Waals surface area (Å²) in [6, 6.07) is 0.426. The molecule has 2 heterocycles. The second-order valence-corrected chi connectivity index (χ2v) is 6.25. The van der Waals surface area contributed by atoms with Gasteiger partial charge in [-0.15, -0.1) is 11.3 Å². The smallest absolute Gasteiger partial charge is 0.185 e. The zero-order valence-corrected chi connectivity index (χ0v) is 12.6. The van der Waals surface area contributed by atoms with E-state index >= 15 is 0 Å². The number of nitrogens with zero attached hydrogens (tertiary/aromatic N) is 2. The predicted molar refractivity (Wildman–Crippen MR) is 79.4 cm³/mol. The van der Waals surface area contributed by atoms with Crippen LogP contribution < -0.4 is 10.2 Å². The highest BCUT2D eigenvalue weighted by Gasteiger charge is 2.24. The summed E-state index contributed by atoms with van der Waals surface area (Å²) in [6.07, 6.45) is 6.05. The average Bonchev–Trinajstić information content (AvgIpc) is 2.97. The highest BCUT2D eigenvalue weighted by molar-refractivity contribution is 7.15. The summed E-state index contributed by atoms with van der Waals surface area (Å²) in [5.41, 5.74) is 0. The van der Waals surface area contributed by atoms with E-state index in [9.17, 15) is 0 Å². The highest BCUT2D eigenvalue weighted by Crippen LogP contribution is 2.31. The lowest BCUT2D eigenvalue weighted by atomic mass is 10.0. The summed E-state index contributed by atoms with van der Waals surface area (Å²) in [7, 11) is 0. The summed E-state index contributed by atoms with van der Waals surface area (Å²) < 4.78 is 0. The number of nitrogens with one attached hydrogen (secondary N) is 1. The minimum absolute atomic E-state index is 0.426. The molecule has 1 aliphatic rings. The molecule has 1 N–H and O–H groups in total. The number of aromatic nitrogens is 1. The Morgan fingerprint density at radius 3 is 3.11 bits per heavy atom. The molecular formula is C14H25N3S. The first kappa shape index (κ1) is 13.8. The van der Waals surface area contributed by atoms with Crippen LogP contribution in [0, 0.1) is 5.92 Å². The van der Waals surface area contributed by atoms with E-state index < -0.39 is 0 Å². The molecular weight excluding hydrogens is 242 g/mol. The molecule has 1 aromatic rings. The van der Waals surface area contributed by atoms with Crippen LogP contribution in [0.5, 0.6) is 0 Å². The first-order valence-corrected chi connectivity index (χ1v) is 8.00. The average molecular weight is 267 g/mol. The lowest BCUT2D eigenvalue weighted by molar-refractivity contribution is 0.530. The molecule has 0 radical (unpaired) electrons. The van der Waals surface area contributed by atoms with Crippen LogP contribution in [0.1, 0.15) is 51.0 Å². The van der Waals surface area contributed by atoms with Crippen molar-refractivity contribution in [1.29, 1.82) is 0 Å². The molecule has 1 aromatic heterocycles. The SMILES string of the molecule is CCCC1CCN(c2ncc(C(C)NCC)s2)C1. The van der Waals surface area contributed by atoms with Crippen molar-refractivity contribution in [3.05, 3.63) is 11.1 Å². The van der Waals surface area contributed by atoms with E-state index in [-0.39, 0.29) is 0 Å². The highest BCUT2D eigenvalue weighted by atomic mass is 32.1. The number of anilines is 1. The maximum atomic E-state index is 4.60. The molecule has 1 aliphatic heterocycles. The van der Waals surface area contributed by atoms with Crippen LogP contribution in [0.4, 0.5) is 5.13 Å². The third-order valence-corrected chi connectivity index (χ3v) is 4.94. The first-order chi connectivity index (χ1) is 8.74. The van der Waals surface area contributed by atoms with Crippen molar-refractivity contribution in [2.24, 2.45) is 5.92 Å². The third kappa shape index (κ3) is 3.23. The zero-order chi connectivity index (χ0) is 13.0. The molecule has 0 aromatic carbocycles. The second kappa shape index (κ2) is 6.53. The van der Waals surface area contributed by atoms with Crippen LogP contribution in [0.25, 0.3) is 0 Å². The molecule has 0 aliphatic carbocycles. The number of hydrogen-bond donors (Lipinski definition) is 1. The Balaban J connectivity index is 1.94. The van der Waals surface area contributed by atoms with Gasteiger partial charge in [-0.1, -0.05) is 20.3 Å². The van der Waals surface area contributed by atoms with E-state index in [2.05, 4.69) is 36.0 Å². The Labute approximate surface area is 115 Å². The summed E-state index contributed by atoms with van der Waals surface area (Å²) in [5.74, 6) is 0.883. The maximum absolute atomic E-state index is 4.60. The van der Waals surface area contributed by atoms with Gasteiger partial charge in [-0.25, -0.2) is 4.98 Å². The van der Waals surface area contributed by atoms with Gasteiger partial charge in [0.25, 0.3) is 0 Å². The second-order valence-electron chi connectivity index (χ2n) is 5.21. The molecule has 0 saturated carbocycles. The molecule has 1 fully saturated rings. The normalized spacial score (nSPS) is 21.5. The maximum Gasteiger partial charge on any atom is 0.185 e. The van der Waals surface area contributed by atoms with E-state index in [1.54, 1.807) is 0 Å². The summed E-state index contributed by atoms with van der Waals surface area (Å²) in [5, 5.41) is 4.66. The van der Waals surface area contributed by atoms with Crippen molar-refractivity contribution in [1.82, 2.24) is 10.3 Å². The molecule has 0 bridgehead atoms. The summed E-state index contributed by atoms with van der Waals surface area (Å²) in [4.78, 5) is 8.42. The monoisotopic (exact) mass is 267 g/mol. The van der Waals surface area contributed by atoms with Crippen molar-refractivity contribution >= 4 is 16.5 Å². The van der Waals surface area contributed by atoms with Crippen molar-refractivity contribution < 1.29 is 0 Å². The minimum atomic E-state index is 0.426. The van der Waals surface area contributed by atoms with Crippen LogP contribution in [-0.2, 0) is 0 Å². The number of rotatable bonds is 6. The number of thiazole rings is 1.